The van der Waals surface area contributed by atoms with Gasteiger partial charge < -0.3 is 10.2 Å². The second kappa shape index (κ2) is 3.28. The molecule has 2 nitrogen and oxygen atoms in total. The minimum absolute atomic E-state index is 0.146. The van der Waals surface area contributed by atoms with Crippen molar-refractivity contribution in [2.75, 3.05) is 0 Å². The van der Waals surface area contributed by atoms with Crippen molar-refractivity contribution in [3.8, 4) is 5.75 Å². The molecule has 88 valence electrons. The van der Waals surface area contributed by atoms with Crippen LogP contribution < -0.4 is 0 Å². The molecule has 0 amide bonds. The second-order valence-electron chi connectivity index (χ2n) is 3.88. The number of phenolic OH excluding ortho intramolecular Hbond substituents is 1. The zero-order valence-electron chi connectivity index (χ0n) is 7.98. The molecule has 0 atom stereocenters. The van der Waals surface area contributed by atoms with Gasteiger partial charge in [-0.3, -0.25) is 0 Å². The van der Waals surface area contributed by atoms with E-state index in [0.29, 0.717) is 18.9 Å². The van der Waals surface area contributed by atoms with E-state index in [1.54, 1.807) is 0 Å². The molecule has 1 aliphatic carbocycles. The summed E-state index contributed by atoms with van der Waals surface area (Å²) in [7, 11) is 0. The molecule has 1 aromatic rings. The maximum Gasteiger partial charge on any atom is 0.416 e. The van der Waals surface area contributed by atoms with E-state index in [4.69, 9.17) is 11.6 Å². The largest absolute Gasteiger partial charge is 0.506 e. The topological polar surface area (TPSA) is 40.5 Å². The molecule has 16 heavy (non-hydrogen) atoms. The molecule has 0 spiro atoms. The van der Waals surface area contributed by atoms with Crippen molar-refractivity contribution in [3.63, 3.8) is 0 Å². The van der Waals surface area contributed by atoms with Crippen molar-refractivity contribution in [3.05, 3.63) is 28.3 Å². The van der Waals surface area contributed by atoms with Crippen LogP contribution in [0.3, 0.4) is 0 Å². The lowest BCUT2D eigenvalue weighted by atomic mass is 10.0. The van der Waals surface area contributed by atoms with E-state index in [-0.39, 0.29) is 5.56 Å². The van der Waals surface area contributed by atoms with E-state index in [9.17, 15) is 23.4 Å². The molecule has 0 saturated heterocycles. The van der Waals surface area contributed by atoms with Gasteiger partial charge in [-0.2, -0.15) is 13.2 Å². The van der Waals surface area contributed by atoms with Gasteiger partial charge in [0.15, 0.2) is 0 Å². The Morgan fingerprint density at radius 1 is 1.25 bits per heavy atom. The van der Waals surface area contributed by atoms with Gasteiger partial charge in [-0.25, -0.2) is 0 Å². The number of phenols is 1. The van der Waals surface area contributed by atoms with Crippen LogP contribution in [0.1, 0.15) is 24.0 Å². The molecule has 1 aromatic carbocycles. The van der Waals surface area contributed by atoms with Gasteiger partial charge in [0.1, 0.15) is 5.75 Å². The van der Waals surface area contributed by atoms with Crippen LogP contribution in [0.5, 0.6) is 5.75 Å². The molecule has 1 fully saturated rings. The van der Waals surface area contributed by atoms with E-state index in [1.807, 2.05) is 0 Å². The highest BCUT2D eigenvalue weighted by atomic mass is 35.5. The molecule has 0 unspecified atom stereocenters. The van der Waals surface area contributed by atoms with Crippen LogP contribution in [-0.4, -0.2) is 10.2 Å². The molecular formula is C10H8ClF3O2. The van der Waals surface area contributed by atoms with E-state index < -0.39 is 28.1 Å². The molecule has 0 bridgehead atoms. The van der Waals surface area contributed by atoms with Crippen LogP contribution in [0.25, 0.3) is 0 Å². The van der Waals surface area contributed by atoms with Gasteiger partial charge in [0.05, 0.1) is 16.2 Å². The van der Waals surface area contributed by atoms with Crippen LogP contribution in [0.2, 0.25) is 5.02 Å². The molecule has 0 heterocycles. The van der Waals surface area contributed by atoms with E-state index in [2.05, 4.69) is 0 Å². The van der Waals surface area contributed by atoms with Crippen LogP contribution >= 0.6 is 11.6 Å². The molecule has 0 aromatic heterocycles. The van der Waals surface area contributed by atoms with Crippen molar-refractivity contribution < 1.29 is 23.4 Å². The Labute approximate surface area is 94.3 Å². The van der Waals surface area contributed by atoms with Crippen molar-refractivity contribution in [1.29, 1.82) is 0 Å². The lowest BCUT2D eigenvalue weighted by Crippen LogP contribution is -2.10. The standard InChI is InChI=1S/C10H8ClF3O2/c11-7-4-5(10(12,13)14)3-6(8(7)15)9(16)1-2-9/h3-4,15-16H,1-2H2. The summed E-state index contributed by atoms with van der Waals surface area (Å²) >= 11 is 5.50. The van der Waals surface area contributed by atoms with Gasteiger partial charge in [0.2, 0.25) is 0 Å². The van der Waals surface area contributed by atoms with E-state index in [0.717, 1.165) is 6.07 Å². The zero-order chi connectivity index (χ0) is 12.1. The third-order valence-corrected chi connectivity index (χ3v) is 2.90. The van der Waals surface area contributed by atoms with E-state index >= 15 is 0 Å². The second-order valence-corrected chi connectivity index (χ2v) is 4.29. The maximum absolute atomic E-state index is 12.5. The van der Waals surface area contributed by atoms with Crippen molar-refractivity contribution in [2.24, 2.45) is 0 Å². The first kappa shape index (κ1) is 11.5. The van der Waals surface area contributed by atoms with Crippen LogP contribution in [0, 0.1) is 0 Å². The number of aliphatic hydroxyl groups is 1. The van der Waals surface area contributed by atoms with Gasteiger partial charge >= 0.3 is 6.18 Å². The van der Waals surface area contributed by atoms with Crippen LogP contribution in [0.15, 0.2) is 12.1 Å². The quantitative estimate of drug-likeness (QED) is 0.806. The lowest BCUT2D eigenvalue weighted by molar-refractivity contribution is -0.137. The lowest BCUT2D eigenvalue weighted by Gasteiger charge is -2.15. The Morgan fingerprint density at radius 3 is 2.25 bits per heavy atom. The van der Waals surface area contributed by atoms with E-state index in [1.165, 1.54) is 0 Å². The highest BCUT2D eigenvalue weighted by Crippen LogP contribution is 2.51. The highest BCUT2D eigenvalue weighted by molar-refractivity contribution is 6.32. The summed E-state index contributed by atoms with van der Waals surface area (Å²) in [5.41, 5.74) is -2.47. The summed E-state index contributed by atoms with van der Waals surface area (Å²) in [6, 6.07) is 1.39. The first-order valence-corrected chi connectivity index (χ1v) is 4.94. The number of alkyl halides is 3. The number of benzene rings is 1. The van der Waals surface area contributed by atoms with Gasteiger partial charge in [-0.15, -0.1) is 0 Å². The average Bonchev–Trinajstić information content (AvgIpc) is 2.87. The predicted octanol–water partition coefficient (Wildman–Crippen LogP) is 3.05. The van der Waals surface area contributed by atoms with Gasteiger partial charge in [-0.1, -0.05) is 11.6 Å². The molecular weight excluding hydrogens is 245 g/mol. The molecule has 6 heteroatoms. The van der Waals surface area contributed by atoms with Crippen LogP contribution in [-0.2, 0) is 11.8 Å². The number of rotatable bonds is 1. The Morgan fingerprint density at radius 2 is 1.81 bits per heavy atom. The first-order valence-electron chi connectivity index (χ1n) is 4.56. The minimum Gasteiger partial charge on any atom is -0.506 e. The summed E-state index contributed by atoms with van der Waals surface area (Å²) in [4.78, 5) is 0. The monoisotopic (exact) mass is 252 g/mol. The number of hydrogen-bond donors (Lipinski definition) is 2. The molecule has 1 saturated carbocycles. The third kappa shape index (κ3) is 1.85. The Hall–Kier alpha value is -0.940. The number of halogens is 4. The highest BCUT2D eigenvalue weighted by Gasteiger charge is 2.46. The summed E-state index contributed by atoms with van der Waals surface area (Å²) in [5, 5.41) is 18.8. The number of hydrogen-bond acceptors (Lipinski definition) is 2. The number of aromatic hydroxyl groups is 1. The summed E-state index contributed by atoms with van der Waals surface area (Å²) in [6.45, 7) is 0. The first-order chi connectivity index (χ1) is 7.24. The van der Waals surface area contributed by atoms with Gasteiger partial charge in [-0.05, 0) is 25.0 Å². The summed E-state index contributed by atoms with van der Waals surface area (Å²) in [5.74, 6) is -0.477. The maximum atomic E-state index is 12.5. The fourth-order valence-electron chi connectivity index (χ4n) is 1.51. The Bertz CT molecular complexity index is 438. The van der Waals surface area contributed by atoms with Crippen molar-refractivity contribution >= 4 is 11.6 Å². The Kier molecular flexibility index (Phi) is 2.36. The fraction of sp³-hybridized carbons (Fsp3) is 0.400. The normalized spacial score (nSPS) is 18.6. The predicted molar refractivity (Wildman–Crippen MR) is 51.2 cm³/mol. The average molecular weight is 253 g/mol. The molecule has 0 aliphatic heterocycles. The van der Waals surface area contributed by atoms with Crippen molar-refractivity contribution in [1.82, 2.24) is 0 Å². The smallest absolute Gasteiger partial charge is 0.416 e. The van der Waals surface area contributed by atoms with Gasteiger partial charge in [0, 0.05) is 5.56 Å². The Balaban J connectivity index is 2.57. The van der Waals surface area contributed by atoms with Crippen molar-refractivity contribution in [2.45, 2.75) is 24.6 Å². The molecule has 2 rings (SSSR count). The fourth-order valence-corrected chi connectivity index (χ4v) is 1.72. The molecule has 2 N–H and O–H groups in total. The zero-order valence-corrected chi connectivity index (χ0v) is 8.73. The summed E-state index contributed by atoms with van der Waals surface area (Å²) in [6.07, 6.45) is -3.88. The minimum atomic E-state index is -4.54. The van der Waals surface area contributed by atoms with Crippen LogP contribution in [0.4, 0.5) is 13.2 Å². The SMILES string of the molecule is Oc1c(Cl)cc(C(F)(F)F)cc1C1(O)CC1. The molecule has 0 radical (unpaired) electrons. The summed E-state index contributed by atoms with van der Waals surface area (Å²) < 4.78 is 37.4. The van der Waals surface area contributed by atoms with Gasteiger partial charge in [0.25, 0.3) is 0 Å². The third-order valence-electron chi connectivity index (χ3n) is 2.62. The molecule has 1 aliphatic rings.